The van der Waals surface area contributed by atoms with Gasteiger partial charge in [-0.2, -0.15) is 0 Å². The normalized spacial score (nSPS) is 16.5. The minimum absolute atomic E-state index is 0.0956. The molecule has 0 bridgehead atoms. The van der Waals surface area contributed by atoms with E-state index in [-0.39, 0.29) is 12.5 Å². The molecule has 10 nitrogen and oxygen atoms in total. The number of benzene rings is 1. The fourth-order valence-corrected chi connectivity index (χ4v) is 3.36. The van der Waals surface area contributed by atoms with Gasteiger partial charge in [-0.25, -0.2) is 10.3 Å². The standard InChI is InChI=1S/C21H30N4O6/c1-14(2)11-16(19(27)22-12-18(26)24-30)23-20(28)17-9-6-10-25(17)21(29)31-13-15-7-4-3-5-8-15/h3-5,7-8,14,16-17,30H,6,9-13H2,1-2H3,(H,22,27)(H,23,28)(H,24,26)/t16-,17-/m0/s1. The Morgan fingerprint density at radius 3 is 2.55 bits per heavy atom. The second-order valence-electron chi connectivity index (χ2n) is 7.84. The van der Waals surface area contributed by atoms with Crippen LogP contribution in [0.5, 0.6) is 0 Å². The van der Waals surface area contributed by atoms with Gasteiger partial charge >= 0.3 is 6.09 Å². The number of hydroxylamine groups is 1. The number of amides is 4. The molecule has 170 valence electrons. The van der Waals surface area contributed by atoms with Crippen molar-refractivity contribution < 1.29 is 29.1 Å². The number of likely N-dealkylation sites (tertiary alicyclic amines) is 1. The third kappa shape index (κ3) is 7.56. The van der Waals surface area contributed by atoms with E-state index >= 15 is 0 Å². The Morgan fingerprint density at radius 1 is 1.19 bits per heavy atom. The number of ether oxygens (including phenoxy) is 1. The van der Waals surface area contributed by atoms with Crippen LogP contribution in [0.15, 0.2) is 30.3 Å². The topological polar surface area (TPSA) is 137 Å². The average molecular weight is 434 g/mol. The van der Waals surface area contributed by atoms with Crippen molar-refractivity contribution in [1.82, 2.24) is 21.0 Å². The highest BCUT2D eigenvalue weighted by atomic mass is 16.6. The lowest BCUT2D eigenvalue weighted by atomic mass is 10.0. The lowest BCUT2D eigenvalue weighted by Gasteiger charge is -2.26. The summed E-state index contributed by atoms with van der Waals surface area (Å²) < 4.78 is 5.35. The molecule has 0 spiro atoms. The van der Waals surface area contributed by atoms with Crippen molar-refractivity contribution in [1.29, 1.82) is 0 Å². The second-order valence-corrected chi connectivity index (χ2v) is 7.84. The minimum Gasteiger partial charge on any atom is -0.445 e. The zero-order valence-electron chi connectivity index (χ0n) is 17.8. The summed E-state index contributed by atoms with van der Waals surface area (Å²) in [5.41, 5.74) is 2.27. The second kappa shape index (κ2) is 11.9. The number of nitrogens with one attached hydrogen (secondary N) is 3. The average Bonchev–Trinajstić information content (AvgIpc) is 3.25. The van der Waals surface area contributed by atoms with Crippen molar-refractivity contribution in [2.45, 2.75) is 51.8 Å². The number of carbonyl (C=O) groups excluding carboxylic acids is 4. The van der Waals surface area contributed by atoms with Crippen molar-refractivity contribution >= 4 is 23.8 Å². The molecule has 2 rings (SSSR count). The van der Waals surface area contributed by atoms with E-state index in [1.54, 1.807) is 0 Å². The van der Waals surface area contributed by atoms with E-state index in [0.717, 1.165) is 5.56 Å². The van der Waals surface area contributed by atoms with Crippen LogP contribution >= 0.6 is 0 Å². The van der Waals surface area contributed by atoms with Gasteiger partial charge in [0.05, 0.1) is 6.54 Å². The van der Waals surface area contributed by atoms with Gasteiger partial charge in [-0.15, -0.1) is 0 Å². The van der Waals surface area contributed by atoms with E-state index in [9.17, 15) is 19.2 Å². The van der Waals surface area contributed by atoms with Crippen molar-refractivity contribution in [2.75, 3.05) is 13.1 Å². The number of nitrogens with zero attached hydrogens (tertiary/aromatic N) is 1. The molecule has 4 N–H and O–H groups in total. The lowest BCUT2D eigenvalue weighted by molar-refractivity contribution is -0.133. The maximum absolute atomic E-state index is 12.9. The predicted octanol–water partition coefficient (Wildman–Crippen LogP) is 0.940. The smallest absolute Gasteiger partial charge is 0.410 e. The number of rotatable bonds is 9. The highest BCUT2D eigenvalue weighted by molar-refractivity contribution is 5.93. The van der Waals surface area contributed by atoms with Gasteiger partial charge in [0, 0.05) is 6.54 Å². The van der Waals surface area contributed by atoms with E-state index < -0.39 is 42.4 Å². The van der Waals surface area contributed by atoms with E-state index in [4.69, 9.17) is 9.94 Å². The highest BCUT2D eigenvalue weighted by Gasteiger charge is 2.36. The first-order valence-electron chi connectivity index (χ1n) is 10.3. The molecule has 31 heavy (non-hydrogen) atoms. The third-order valence-corrected chi connectivity index (χ3v) is 4.88. The first-order valence-corrected chi connectivity index (χ1v) is 10.3. The SMILES string of the molecule is CC(C)C[C@H](NC(=O)[C@@H]1CCCN1C(=O)OCc1ccccc1)C(=O)NCC(=O)NO. The fourth-order valence-electron chi connectivity index (χ4n) is 3.36. The van der Waals surface area contributed by atoms with Crippen LogP contribution < -0.4 is 16.1 Å². The largest absolute Gasteiger partial charge is 0.445 e. The van der Waals surface area contributed by atoms with Crippen molar-refractivity contribution in [3.63, 3.8) is 0 Å². The van der Waals surface area contributed by atoms with E-state index in [1.165, 1.54) is 10.4 Å². The lowest BCUT2D eigenvalue weighted by Crippen LogP contribution is -2.54. The predicted molar refractivity (Wildman–Crippen MR) is 111 cm³/mol. The van der Waals surface area contributed by atoms with Crippen molar-refractivity contribution in [3.05, 3.63) is 35.9 Å². The van der Waals surface area contributed by atoms with E-state index in [2.05, 4.69) is 10.6 Å². The molecule has 2 atom stereocenters. The minimum atomic E-state index is -0.873. The van der Waals surface area contributed by atoms with Crippen LogP contribution in [0.4, 0.5) is 4.79 Å². The van der Waals surface area contributed by atoms with Gasteiger partial charge in [0.15, 0.2) is 0 Å². The summed E-state index contributed by atoms with van der Waals surface area (Å²) in [5.74, 6) is -1.66. The molecule has 0 radical (unpaired) electrons. The van der Waals surface area contributed by atoms with Crippen LogP contribution in [0.3, 0.4) is 0 Å². The van der Waals surface area contributed by atoms with Gasteiger partial charge in [-0.1, -0.05) is 44.2 Å². The molecule has 0 saturated carbocycles. The first kappa shape index (κ1) is 24.1. The van der Waals surface area contributed by atoms with Crippen LogP contribution in [0.1, 0.15) is 38.7 Å². The van der Waals surface area contributed by atoms with Gasteiger partial charge in [0.2, 0.25) is 11.8 Å². The Bertz CT molecular complexity index is 770. The summed E-state index contributed by atoms with van der Waals surface area (Å²) in [5, 5.41) is 13.6. The zero-order chi connectivity index (χ0) is 22.8. The molecular formula is C21H30N4O6. The van der Waals surface area contributed by atoms with E-state index in [0.29, 0.717) is 25.8 Å². The monoisotopic (exact) mass is 434 g/mol. The quantitative estimate of drug-likeness (QED) is 0.337. The van der Waals surface area contributed by atoms with Gasteiger partial charge in [0.25, 0.3) is 5.91 Å². The van der Waals surface area contributed by atoms with Crippen LogP contribution in [0, 0.1) is 5.92 Å². The van der Waals surface area contributed by atoms with Crippen LogP contribution in [0.2, 0.25) is 0 Å². The van der Waals surface area contributed by atoms with Crippen LogP contribution in [0.25, 0.3) is 0 Å². The molecule has 10 heteroatoms. The molecule has 0 aromatic heterocycles. The summed E-state index contributed by atoms with van der Waals surface area (Å²) in [6, 6.07) is 7.64. The van der Waals surface area contributed by atoms with Gasteiger partial charge in [-0.3, -0.25) is 24.5 Å². The number of hydrogen-bond acceptors (Lipinski definition) is 6. The van der Waals surface area contributed by atoms with Crippen molar-refractivity contribution in [3.8, 4) is 0 Å². The summed E-state index contributed by atoms with van der Waals surface area (Å²) in [6.45, 7) is 3.88. The van der Waals surface area contributed by atoms with Gasteiger partial charge < -0.3 is 15.4 Å². The Labute approximate surface area is 181 Å². The molecule has 1 heterocycles. The maximum Gasteiger partial charge on any atom is 0.410 e. The molecule has 4 amide bonds. The number of carbonyl (C=O) groups is 4. The molecule has 0 aliphatic carbocycles. The Morgan fingerprint density at radius 2 is 1.90 bits per heavy atom. The molecule has 0 unspecified atom stereocenters. The first-order chi connectivity index (χ1) is 14.8. The Hall–Kier alpha value is -3.14. The molecule has 1 aromatic rings. The maximum atomic E-state index is 12.9. The fraction of sp³-hybridized carbons (Fsp3) is 0.524. The molecule has 1 saturated heterocycles. The van der Waals surface area contributed by atoms with Crippen LogP contribution in [-0.2, 0) is 25.7 Å². The molecule has 1 aromatic carbocycles. The molecule has 1 fully saturated rings. The summed E-state index contributed by atoms with van der Waals surface area (Å²) in [6.07, 6.45) is 0.889. The van der Waals surface area contributed by atoms with Gasteiger partial charge in [-0.05, 0) is 30.7 Å². The summed E-state index contributed by atoms with van der Waals surface area (Å²) in [4.78, 5) is 50.3. The van der Waals surface area contributed by atoms with Crippen LogP contribution in [-0.4, -0.2) is 59.1 Å². The third-order valence-electron chi connectivity index (χ3n) is 4.88. The molecule has 1 aliphatic rings. The Balaban J connectivity index is 1.96. The summed E-state index contributed by atoms with van der Waals surface area (Å²) >= 11 is 0. The van der Waals surface area contributed by atoms with Gasteiger partial charge in [0.1, 0.15) is 18.7 Å². The zero-order valence-corrected chi connectivity index (χ0v) is 17.8. The van der Waals surface area contributed by atoms with E-state index in [1.807, 2.05) is 44.2 Å². The Kier molecular flexibility index (Phi) is 9.26. The van der Waals surface area contributed by atoms with Crippen molar-refractivity contribution in [2.24, 2.45) is 5.92 Å². The molecule has 1 aliphatic heterocycles. The molecular weight excluding hydrogens is 404 g/mol. The summed E-state index contributed by atoms with van der Waals surface area (Å²) in [7, 11) is 0. The number of hydrogen-bond donors (Lipinski definition) is 4. The highest BCUT2D eigenvalue weighted by Crippen LogP contribution is 2.20.